The molecule has 0 radical (unpaired) electrons. The normalized spacial score (nSPS) is 16.0. The Morgan fingerprint density at radius 2 is 1.88 bits per heavy atom. The maximum atomic E-state index is 13.3. The third kappa shape index (κ3) is 5.08. The second kappa shape index (κ2) is 10.3. The van der Waals surface area contributed by atoms with Crippen LogP contribution in [0.4, 0.5) is 10.6 Å². The number of aromatic amines is 1. The minimum absolute atomic E-state index is 0.00936. The number of hydrogen-bond acceptors (Lipinski definition) is 6. The summed E-state index contributed by atoms with van der Waals surface area (Å²) in [6.07, 6.45) is 0.195. The van der Waals surface area contributed by atoms with Crippen LogP contribution >= 0.6 is 23.2 Å². The van der Waals surface area contributed by atoms with Gasteiger partial charge in [0.05, 0.1) is 24.1 Å². The van der Waals surface area contributed by atoms with Crippen LogP contribution in [0.25, 0.3) is 10.9 Å². The van der Waals surface area contributed by atoms with Crippen LogP contribution in [0.1, 0.15) is 48.7 Å². The third-order valence-corrected chi connectivity index (χ3v) is 7.81. The number of rotatable bonds is 7. The summed E-state index contributed by atoms with van der Waals surface area (Å²) < 4.78 is 1.70. The van der Waals surface area contributed by atoms with Crippen molar-refractivity contribution in [1.29, 1.82) is 0 Å². The molecule has 0 bridgehead atoms. The molecule has 212 valence electrons. The number of imidazole rings is 1. The van der Waals surface area contributed by atoms with E-state index < -0.39 is 12.0 Å². The van der Waals surface area contributed by atoms with Crippen LogP contribution in [0.5, 0.6) is 0 Å². The number of nitrogens with zero attached hydrogens (tertiary/aromatic N) is 5. The second-order valence-electron chi connectivity index (χ2n) is 11.0. The predicted octanol–water partition coefficient (Wildman–Crippen LogP) is 3.64. The fourth-order valence-electron chi connectivity index (χ4n) is 4.99. The monoisotopic (exact) mass is 588 g/mol. The molecule has 1 aromatic carbocycles. The van der Waals surface area contributed by atoms with Crippen LogP contribution < -0.4 is 10.6 Å². The molecule has 4 N–H and O–H groups in total. The van der Waals surface area contributed by atoms with Crippen molar-refractivity contribution in [3.8, 4) is 0 Å². The first-order valence-corrected chi connectivity index (χ1v) is 13.5. The van der Waals surface area contributed by atoms with Crippen molar-refractivity contribution < 1.29 is 19.5 Å². The molecule has 0 saturated carbocycles. The van der Waals surface area contributed by atoms with Crippen LogP contribution in [-0.4, -0.2) is 84.8 Å². The minimum atomic E-state index is -1.04. The van der Waals surface area contributed by atoms with Crippen LogP contribution in [-0.2, 0) is 16.8 Å². The van der Waals surface area contributed by atoms with Crippen LogP contribution in [0.3, 0.4) is 0 Å². The molecule has 0 atom stereocenters. The quantitative estimate of drug-likeness (QED) is 0.308. The lowest BCUT2D eigenvalue weighted by Crippen LogP contribution is -2.61. The molecule has 0 spiro atoms. The Kier molecular flexibility index (Phi) is 7.17. The summed E-state index contributed by atoms with van der Waals surface area (Å²) in [7, 11) is 0. The molecule has 40 heavy (non-hydrogen) atoms. The predicted molar refractivity (Wildman–Crippen MR) is 151 cm³/mol. The second-order valence-corrected chi connectivity index (χ2v) is 11.8. The molecule has 2 aromatic heterocycles. The van der Waals surface area contributed by atoms with E-state index in [9.17, 15) is 19.5 Å². The zero-order chi connectivity index (χ0) is 28.9. The Balaban J connectivity index is 1.40. The lowest BCUT2D eigenvalue weighted by Gasteiger charge is -2.40. The first-order chi connectivity index (χ1) is 18.9. The number of aromatic nitrogens is 4. The fraction of sp³-hybridized carbons (Fsp3) is 0.423. The van der Waals surface area contributed by atoms with E-state index in [2.05, 4.69) is 53.2 Å². The highest BCUT2D eigenvalue weighted by Crippen LogP contribution is 2.35. The van der Waals surface area contributed by atoms with Gasteiger partial charge in [0.1, 0.15) is 11.5 Å². The van der Waals surface area contributed by atoms with Crippen LogP contribution in [0.2, 0.25) is 10.2 Å². The van der Waals surface area contributed by atoms with E-state index in [-0.39, 0.29) is 53.9 Å². The molecular weight excluding hydrogens is 559 g/mol. The van der Waals surface area contributed by atoms with Gasteiger partial charge in [0, 0.05) is 36.6 Å². The van der Waals surface area contributed by atoms with Gasteiger partial charge in [-0.2, -0.15) is 5.10 Å². The highest BCUT2D eigenvalue weighted by Gasteiger charge is 2.38. The molecule has 12 nitrogen and oxygen atoms in total. The minimum Gasteiger partial charge on any atom is -0.465 e. The van der Waals surface area contributed by atoms with Crippen molar-refractivity contribution in [2.24, 2.45) is 0 Å². The summed E-state index contributed by atoms with van der Waals surface area (Å²) in [5, 5.41) is 24.4. The maximum absolute atomic E-state index is 13.3. The van der Waals surface area contributed by atoms with Crippen molar-refractivity contribution in [1.82, 2.24) is 34.9 Å². The average molecular weight is 589 g/mol. The Morgan fingerprint density at radius 1 is 1.18 bits per heavy atom. The highest BCUT2D eigenvalue weighted by atomic mass is 35.5. The van der Waals surface area contributed by atoms with Crippen molar-refractivity contribution in [2.45, 2.75) is 44.8 Å². The zero-order valence-corrected chi connectivity index (χ0v) is 23.8. The standard InChI is InChI=1S/C26H30Cl2N8O4/c1-5-20(37)34-9-13(10-34)30-24(38)21-22(28)31-19(36(21)14-11-35(12-14)25(39)40)8-29-23-15-6-16(26(2,3)4)17(27)7-18(15)32-33-23/h5-7,13-14H,1,8-12H2,2-4H3,(H,30,38)(H,39,40)(H2,29,32,33). The number of H-pyrrole nitrogens is 1. The largest absolute Gasteiger partial charge is 0.465 e. The molecule has 0 unspecified atom stereocenters. The van der Waals surface area contributed by atoms with E-state index in [1.165, 1.54) is 11.0 Å². The number of nitrogens with one attached hydrogen (secondary N) is 3. The number of carbonyl (C=O) groups is 3. The molecule has 3 aromatic rings. The van der Waals surface area contributed by atoms with E-state index in [1.807, 2.05) is 12.1 Å². The molecule has 2 aliphatic heterocycles. The van der Waals surface area contributed by atoms with Crippen molar-refractivity contribution in [3.05, 3.63) is 52.0 Å². The first kappa shape index (κ1) is 27.8. The number of fused-ring (bicyclic) bond motifs is 1. The van der Waals surface area contributed by atoms with E-state index in [0.717, 1.165) is 16.5 Å². The van der Waals surface area contributed by atoms with E-state index in [0.29, 0.717) is 29.8 Å². The molecule has 2 aliphatic rings. The molecule has 5 rings (SSSR count). The summed E-state index contributed by atoms with van der Waals surface area (Å²) in [5.74, 6) is 0.398. The Bertz CT molecular complexity index is 1510. The third-order valence-electron chi connectivity index (χ3n) is 7.23. The van der Waals surface area contributed by atoms with Gasteiger partial charge in [-0.15, -0.1) is 0 Å². The molecule has 0 aliphatic carbocycles. The molecule has 2 saturated heterocycles. The van der Waals surface area contributed by atoms with Crippen LogP contribution in [0, 0.1) is 0 Å². The summed E-state index contributed by atoms with van der Waals surface area (Å²) in [6, 6.07) is 3.27. The van der Waals surface area contributed by atoms with Crippen LogP contribution in [0.15, 0.2) is 24.8 Å². The van der Waals surface area contributed by atoms with Gasteiger partial charge in [0.2, 0.25) is 5.91 Å². The van der Waals surface area contributed by atoms with E-state index >= 15 is 0 Å². The van der Waals surface area contributed by atoms with Gasteiger partial charge in [-0.25, -0.2) is 9.78 Å². The molecule has 14 heteroatoms. The summed E-state index contributed by atoms with van der Waals surface area (Å²) in [5.41, 5.74) is 1.71. The number of halogens is 2. The van der Waals surface area contributed by atoms with Gasteiger partial charge >= 0.3 is 6.09 Å². The topological polar surface area (TPSA) is 148 Å². The molecule has 2 fully saturated rings. The Hall–Kier alpha value is -3.77. The molecule has 3 amide bonds. The number of carboxylic acid groups (broad SMARTS) is 1. The Labute approximate surface area is 240 Å². The number of anilines is 1. The van der Waals surface area contributed by atoms with Gasteiger partial charge in [0.25, 0.3) is 5.91 Å². The number of likely N-dealkylation sites (tertiary alicyclic amines) is 2. The summed E-state index contributed by atoms with van der Waals surface area (Å²) >= 11 is 13.0. The molecular formula is C26H30Cl2N8O4. The Morgan fingerprint density at radius 3 is 2.50 bits per heavy atom. The number of amides is 3. The maximum Gasteiger partial charge on any atom is 0.407 e. The fourth-order valence-corrected chi connectivity index (χ4v) is 5.71. The van der Waals surface area contributed by atoms with Crippen molar-refractivity contribution in [2.75, 3.05) is 31.5 Å². The smallest absolute Gasteiger partial charge is 0.407 e. The van der Waals surface area contributed by atoms with Gasteiger partial charge in [-0.1, -0.05) is 50.6 Å². The number of benzene rings is 1. The zero-order valence-electron chi connectivity index (χ0n) is 22.3. The number of hydrogen-bond donors (Lipinski definition) is 4. The van der Waals surface area contributed by atoms with Gasteiger partial charge < -0.3 is 30.1 Å². The van der Waals surface area contributed by atoms with Gasteiger partial charge in [-0.05, 0) is 29.2 Å². The number of carbonyl (C=O) groups excluding carboxylic acids is 2. The van der Waals surface area contributed by atoms with Crippen molar-refractivity contribution in [3.63, 3.8) is 0 Å². The first-order valence-electron chi connectivity index (χ1n) is 12.8. The van der Waals surface area contributed by atoms with E-state index in [1.54, 1.807) is 9.47 Å². The highest BCUT2D eigenvalue weighted by molar-refractivity contribution is 6.32. The SMILES string of the molecule is C=CC(=O)N1CC(NC(=O)c2c(Cl)nc(CNc3n[nH]c4cc(Cl)c(C(C)(C)C)cc34)n2C2CN(C(=O)O)C2)C1. The molecule has 4 heterocycles. The lowest BCUT2D eigenvalue weighted by molar-refractivity contribution is -0.130. The van der Waals surface area contributed by atoms with Gasteiger partial charge in [0.15, 0.2) is 11.0 Å². The van der Waals surface area contributed by atoms with Gasteiger partial charge in [-0.3, -0.25) is 14.7 Å². The average Bonchev–Trinajstić information content (AvgIpc) is 3.36. The summed E-state index contributed by atoms with van der Waals surface area (Å²) in [4.78, 5) is 43.8. The van der Waals surface area contributed by atoms with E-state index in [4.69, 9.17) is 23.2 Å². The summed E-state index contributed by atoms with van der Waals surface area (Å²) in [6.45, 7) is 11.0. The lowest BCUT2D eigenvalue weighted by atomic mass is 9.86. The van der Waals surface area contributed by atoms with Crippen molar-refractivity contribution >= 4 is 57.8 Å².